The Kier molecular flexibility index (Phi) is 3.95. The van der Waals surface area contributed by atoms with E-state index >= 15 is 0 Å². The molecule has 1 aliphatic carbocycles. The van der Waals surface area contributed by atoms with E-state index in [1.807, 2.05) is 22.9 Å². The number of benzene rings is 1. The van der Waals surface area contributed by atoms with Crippen LogP contribution in [0.4, 0.5) is 0 Å². The predicted molar refractivity (Wildman–Crippen MR) is 92.9 cm³/mol. The Morgan fingerprint density at radius 3 is 2.71 bits per heavy atom. The van der Waals surface area contributed by atoms with Gasteiger partial charge in [0.1, 0.15) is 5.69 Å². The van der Waals surface area contributed by atoms with E-state index in [9.17, 15) is 4.79 Å². The van der Waals surface area contributed by atoms with Gasteiger partial charge < -0.3 is 0 Å². The normalized spacial score (nSPS) is 13.8. The molecule has 0 saturated carbocycles. The molecule has 4 heteroatoms. The van der Waals surface area contributed by atoms with Crippen LogP contribution in [0.5, 0.6) is 0 Å². The largest absolute Gasteiger partial charge is 0.294 e. The first-order valence-electron chi connectivity index (χ1n) is 8.40. The van der Waals surface area contributed by atoms with E-state index in [2.05, 4.69) is 29.2 Å². The minimum absolute atomic E-state index is 0.209. The Labute approximate surface area is 141 Å². The zero-order chi connectivity index (χ0) is 16.4. The van der Waals surface area contributed by atoms with Gasteiger partial charge in [0.05, 0.1) is 5.56 Å². The summed E-state index contributed by atoms with van der Waals surface area (Å²) < 4.78 is 2.03. The molecule has 0 fully saturated rings. The van der Waals surface area contributed by atoms with Crippen LogP contribution in [0.15, 0.2) is 54.9 Å². The van der Waals surface area contributed by atoms with Crippen LogP contribution in [0.25, 0.3) is 11.3 Å². The van der Waals surface area contributed by atoms with Crippen molar-refractivity contribution in [2.75, 3.05) is 0 Å². The lowest BCUT2D eigenvalue weighted by molar-refractivity contribution is 0.0972. The fourth-order valence-corrected chi connectivity index (χ4v) is 3.35. The molecule has 120 valence electrons. The van der Waals surface area contributed by atoms with Gasteiger partial charge in [0.25, 0.3) is 0 Å². The number of hydrogen-bond donors (Lipinski definition) is 0. The van der Waals surface area contributed by atoms with Crippen LogP contribution in [-0.2, 0) is 19.4 Å². The van der Waals surface area contributed by atoms with Gasteiger partial charge in [-0.1, -0.05) is 30.3 Å². The first-order valence-corrected chi connectivity index (χ1v) is 8.40. The van der Waals surface area contributed by atoms with E-state index in [1.54, 1.807) is 12.4 Å². The van der Waals surface area contributed by atoms with E-state index in [0.29, 0.717) is 6.42 Å². The van der Waals surface area contributed by atoms with Crippen LogP contribution in [0.1, 0.15) is 34.5 Å². The smallest absolute Gasteiger partial charge is 0.166 e. The second-order valence-electron chi connectivity index (χ2n) is 6.15. The van der Waals surface area contributed by atoms with E-state index in [0.717, 1.165) is 48.3 Å². The molecule has 4 rings (SSSR count). The quantitative estimate of drug-likeness (QED) is 0.737. The van der Waals surface area contributed by atoms with E-state index < -0.39 is 0 Å². The maximum atomic E-state index is 12.5. The lowest BCUT2D eigenvalue weighted by Gasteiger charge is -2.13. The summed E-state index contributed by atoms with van der Waals surface area (Å²) in [6.45, 7) is 0.792. The van der Waals surface area contributed by atoms with Crippen molar-refractivity contribution in [2.45, 2.75) is 32.2 Å². The molecule has 0 bridgehead atoms. The van der Waals surface area contributed by atoms with Crippen molar-refractivity contribution in [1.82, 2.24) is 14.8 Å². The van der Waals surface area contributed by atoms with Gasteiger partial charge in [0, 0.05) is 36.6 Å². The third kappa shape index (κ3) is 2.75. The fraction of sp³-hybridized carbons (Fsp3) is 0.250. The molecule has 24 heavy (non-hydrogen) atoms. The average molecular weight is 317 g/mol. The van der Waals surface area contributed by atoms with Crippen molar-refractivity contribution in [3.63, 3.8) is 0 Å². The topological polar surface area (TPSA) is 47.8 Å². The fourth-order valence-electron chi connectivity index (χ4n) is 3.35. The van der Waals surface area contributed by atoms with Crippen LogP contribution in [0, 0.1) is 0 Å². The highest BCUT2D eigenvalue weighted by Crippen LogP contribution is 2.31. The predicted octanol–water partition coefficient (Wildman–Crippen LogP) is 3.71. The molecule has 2 aromatic heterocycles. The second-order valence-corrected chi connectivity index (χ2v) is 6.15. The lowest BCUT2D eigenvalue weighted by atomic mass is 9.92. The van der Waals surface area contributed by atoms with Crippen molar-refractivity contribution < 1.29 is 4.79 Å². The Morgan fingerprint density at radius 2 is 1.92 bits per heavy atom. The van der Waals surface area contributed by atoms with Gasteiger partial charge in [-0.25, -0.2) is 0 Å². The molecule has 0 unspecified atom stereocenters. The number of pyridine rings is 1. The number of carbonyl (C=O) groups excluding carboxylic acids is 1. The zero-order valence-corrected chi connectivity index (χ0v) is 13.5. The molecule has 1 aliphatic rings. The summed E-state index contributed by atoms with van der Waals surface area (Å²) in [5.74, 6) is 0.209. The number of fused-ring (bicyclic) bond motifs is 1. The van der Waals surface area contributed by atoms with E-state index in [1.165, 1.54) is 5.56 Å². The third-order valence-corrected chi connectivity index (χ3v) is 4.54. The molecule has 0 saturated heterocycles. The molecule has 0 atom stereocenters. The van der Waals surface area contributed by atoms with Crippen LogP contribution < -0.4 is 0 Å². The molecule has 1 aromatic carbocycles. The third-order valence-electron chi connectivity index (χ3n) is 4.54. The summed E-state index contributed by atoms with van der Waals surface area (Å²) >= 11 is 0. The van der Waals surface area contributed by atoms with Crippen molar-refractivity contribution in [3.05, 3.63) is 71.7 Å². The Balaban J connectivity index is 1.71. The number of nitrogens with zero attached hydrogens (tertiary/aromatic N) is 3. The van der Waals surface area contributed by atoms with Gasteiger partial charge in [-0.2, -0.15) is 5.10 Å². The standard InChI is InChI=1S/C20H19N3O/c24-18-10-4-9-17-19(18)20(16-8-5-12-21-14-16)22-23(17)13-11-15-6-2-1-3-7-15/h1-3,5-8,12,14H,4,9-11,13H2. The first-order chi connectivity index (χ1) is 11.8. The summed E-state index contributed by atoms with van der Waals surface area (Å²) in [5.41, 5.74) is 4.88. The van der Waals surface area contributed by atoms with Crippen molar-refractivity contribution >= 4 is 5.78 Å². The van der Waals surface area contributed by atoms with Crippen LogP contribution >= 0.6 is 0 Å². The molecule has 0 N–H and O–H groups in total. The van der Waals surface area contributed by atoms with Gasteiger partial charge in [0.15, 0.2) is 5.78 Å². The zero-order valence-electron chi connectivity index (χ0n) is 13.5. The number of Topliss-reactive ketones (excluding diaryl/α,β-unsaturated/α-hetero) is 1. The second kappa shape index (κ2) is 6.40. The summed E-state index contributed by atoms with van der Waals surface area (Å²) in [4.78, 5) is 16.7. The van der Waals surface area contributed by atoms with Crippen LogP contribution in [-0.4, -0.2) is 20.5 Å². The molecule has 2 heterocycles. The molecule has 3 aromatic rings. The van der Waals surface area contributed by atoms with Gasteiger partial charge in [0.2, 0.25) is 0 Å². The summed E-state index contributed by atoms with van der Waals surface area (Å²) in [5, 5.41) is 4.78. The molecule has 0 radical (unpaired) electrons. The Hall–Kier alpha value is -2.75. The van der Waals surface area contributed by atoms with Gasteiger partial charge in [-0.3, -0.25) is 14.5 Å². The summed E-state index contributed by atoms with van der Waals surface area (Å²) in [6.07, 6.45) is 6.88. The number of hydrogen-bond acceptors (Lipinski definition) is 3. The maximum absolute atomic E-state index is 12.5. The van der Waals surface area contributed by atoms with Crippen molar-refractivity contribution in [2.24, 2.45) is 0 Å². The SMILES string of the molecule is O=C1CCCc2c1c(-c1cccnc1)nn2CCc1ccccc1. The van der Waals surface area contributed by atoms with Crippen LogP contribution in [0.3, 0.4) is 0 Å². The lowest BCUT2D eigenvalue weighted by Crippen LogP contribution is -2.14. The average Bonchev–Trinajstić information content (AvgIpc) is 3.02. The molecule has 4 nitrogen and oxygen atoms in total. The highest BCUT2D eigenvalue weighted by Gasteiger charge is 2.27. The summed E-state index contributed by atoms with van der Waals surface area (Å²) in [6, 6.07) is 14.2. The van der Waals surface area contributed by atoms with E-state index in [4.69, 9.17) is 5.10 Å². The molecular weight excluding hydrogens is 298 g/mol. The number of aryl methyl sites for hydroxylation is 2. The highest BCUT2D eigenvalue weighted by atomic mass is 16.1. The van der Waals surface area contributed by atoms with Crippen molar-refractivity contribution in [1.29, 1.82) is 0 Å². The number of carbonyl (C=O) groups is 1. The minimum Gasteiger partial charge on any atom is -0.294 e. The monoisotopic (exact) mass is 317 g/mol. The Bertz CT molecular complexity index is 853. The minimum atomic E-state index is 0.209. The van der Waals surface area contributed by atoms with E-state index in [-0.39, 0.29) is 5.78 Å². The molecule has 0 spiro atoms. The highest BCUT2D eigenvalue weighted by molar-refractivity contribution is 6.03. The van der Waals surface area contributed by atoms with Gasteiger partial charge in [-0.15, -0.1) is 0 Å². The number of ketones is 1. The number of aromatic nitrogens is 3. The van der Waals surface area contributed by atoms with Crippen molar-refractivity contribution in [3.8, 4) is 11.3 Å². The molecular formula is C20H19N3O. The van der Waals surface area contributed by atoms with Gasteiger partial charge in [-0.05, 0) is 37.0 Å². The molecule has 0 amide bonds. The number of rotatable bonds is 4. The van der Waals surface area contributed by atoms with Gasteiger partial charge >= 0.3 is 0 Å². The van der Waals surface area contributed by atoms with Crippen LogP contribution in [0.2, 0.25) is 0 Å². The molecule has 0 aliphatic heterocycles. The Morgan fingerprint density at radius 1 is 1.04 bits per heavy atom. The maximum Gasteiger partial charge on any atom is 0.166 e. The first kappa shape index (κ1) is 14.8. The summed E-state index contributed by atoms with van der Waals surface area (Å²) in [7, 11) is 0.